The molecular weight excluding hydrogens is 307 g/mol. The lowest BCUT2D eigenvalue weighted by Gasteiger charge is -2.22. The molecule has 6 heteroatoms. The van der Waals surface area contributed by atoms with Gasteiger partial charge in [-0.05, 0) is 12.1 Å². The lowest BCUT2D eigenvalue weighted by Crippen LogP contribution is -2.34. The van der Waals surface area contributed by atoms with Gasteiger partial charge < -0.3 is 9.94 Å². The summed E-state index contributed by atoms with van der Waals surface area (Å²) >= 11 is 0. The third-order valence-electron chi connectivity index (χ3n) is 3.31. The SMILES string of the molecule is COC/C(c1ccccc1)=[N+](\[O-])[C@H](c1ccccc1)C(F)(F)F. The van der Waals surface area contributed by atoms with Crippen molar-refractivity contribution in [2.75, 3.05) is 13.7 Å². The molecule has 122 valence electrons. The minimum absolute atomic E-state index is 0.00579. The molecule has 1 atom stereocenters. The number of ether oxygens (including phenoxy) is 1. The molecule has 0 aromatic heterocycles. The summed E-state index contributed by atoms with van der Waals surface area (Å²) in [5, 5.41) is 12.6. The molecule has 0 aliphatic rings. The first-order valence-electron chi connectivity index (χ1n) is 6.93. The highest BCUT2D eigenvalue weighted by Crippen LogP contribution is 2.35. The smallest absolute Gasteiger partial charge is 0.457 e. The van der Waals surface area contributed by atoms with Crippen LogP contribution in [0.15, 0.2) is 60.7 Å². The maximum atomic E-state index is 13.5. The van der Waals surface area contributed by atoms with Crippen molar-refractivity contribution in [3.63, 3.8) is 0 Å². The molecule has 0 N–H and O–H groups in total. The number of halogens is 3. The zero-order chi connectivity index (χ0) is 16.9. The van der Waals surface area contributed by atoms with Crippen LogP contribution in [0.2, 0.25) is 0 Å². The molecule has 3 nitrogen and oxygen atoms in total. The first-order valence-corrected chi connectivity index (χ1v) is 6.93. The van der Waals surface area contributed by atoms with Gasteiger partial charge in [0.15, 0.2) is 0 Å². The fraction of sp³-hybridized carbons (Fsp3) is 0.235. The van der Waals surface area contributed by atoms with Crippen molar-refractivity contribution in [2.45, 2.75) is 12.2 Å². The molecule has 0 spiro atoms. The molecule has 0 radical (unpaired) electrons. The van der Waals surface area contributed by atoms with Crippen LogP contribution in [0.4, 0.5) is 13.2 Å². The Morgan fingerprint density at radius 2 is 1.57 bits per heavy atom. The fourth-order valence-corrected chi connectivity index (χ4v) is 2.29. The molecule has 0 saturated heterocycles. The van der Waals surface area contributed by atoms with Gasteiger partial charge >= 0.3 is 6.18 Å². The van der Waals surface area contributed by atoms with Crippen LogP contribution < -0.4 is 0 Å². The zero-order valence-corrected chi connectivity index (χ0v) is 12.5. The molecule has 0 bridgehead atoms. The van der Waals surface area contributed by atoms with Gasteiger partial charge in [0.2, 0.25) is 5.71 Å². The van der Waals surface area contributed by atoms with E-state index in [9.17, 15) is 18.4 Å². The van der Waals surface area contributed by atoms with Crippen molar-refractivity contribution in [2.24, 2.45) is 0 Å². The van der Waals surface area contributed by atoms with Crippen molar-refractivity contribution in [1.29, 1.82) is 0 Å². The molecule has 23 heavy (non-hydrogen) atoms. The molecule has 0 aliphatic carbocycles. The van der Waals surface area contributed by atoms with Crippen LogP contribution in [0, 0.1) is 5.21 Å². The van der Waals surface area contributed by atoms with E-state index in [-0.39, 0.29) is 22.6 Å². The van der Waals surface area contributed by atoms with Crippen LogP contribution in [0.5, 0.6) is 0 Å². The van der Waals surface area contributed by atoms with Crippen LogP contribution in [0.3, 0.4) is 0 Å². The molecule has 2 aromatic rings. The van der Waals surface area contributed by atoms with Gasteiger partial charge in [-0.2, -0.15) is 17.9 Å². The minimum Gasteiger partial charge on any atom is -0.623 e. The Balaban J connectivity index is 2.59. The number of rotatable bonds is 5. The minimum atomic E-state index is -4.71. The number of nitrogens with zero attached hydrogens (tertiary/aromatic N) is 1. The lowest BCUT2D eigenvalue weighted by molar-refractivity contribution is -0.553. The molecular formula is C17H16F3NO2. The number of methoxy groups -OCH3 is 1. The predicted octanol–water partition coefficient (Wildman–Crippen LogP) is 3.94. The van der Waals surface area contributed by atoms with Crippen molar-refractivity contribution < 1.29 is 22.6 Å². The molecule has 2 aromatic carbocycles. The Morgan fingerprint density at radius 3 is 2.04 bits per heavy atom. The van der Waals surface area contributed by atoms with Gasteiger partial charge in [-0.25, -0.2) is 0 Å². The van der Waals surface area contributed by atoms with E-state index in [0.29, 0.717) is 5.56 Å². The topological polar surface area (TPSA) is 35.3 Å². The largest absolute Gasteiger partial charge is 0.623 e. The van der Waals surface area contributed by atoms with E-state index in [0.717, 1.165) is 0 Å². The van der Waals surface area contributed by atoms with Gasteiger partial charge in [-0.1, -0.05) is 48.5 Å². The van der Waals surface area contributed by atoms with E-state index < -0.39 is 12.2 Å². The second-order valence-corrected chi connectivity index (χ2v) is 4.93. The summed E-state index contributed by atoms with van der Waals surface area (Å²) in [5.41, 5.74) is 0.216. The van der Waals surface area contributed by atoms with Crippen LogP contribution >= 0.6 is 0 Å². The summed E-state index contributed by atoms with van der Waals surface area (Å²) < 4.78 is 45.4. The summed E-state index contributed by atoms with van der Waals surface area (Å²) in [6.07, 6.45) is -4.71. The Bertz CT molecular complexity index is 655. The Kier molecular flexibility index (Phi) is 5.39. The maximum absolute atomic E-state index is 13.5. The first-order chi connectivity index (χ1) is 10.9. The summed E-state index contributed by atoms with van der Waals surface area (Å²) in [7, 11) is 1.34. The quantitative estimate of drug-likeness (QED) is 0.362. The summed E-state index contributed by atoms with van der Waals surface area (Å²) in [5.74, 6) is 0. The standard InChI is InChI=1S/C17H16F3NO2/c1-23-12-15(13-8-4-2-5-9-13)21(22)16(17(18,19)20)14-10-6-3-7-11-14/h2-11,16H,12H2,1H3/b21-15+/t16-/m1/s1. The average Bonchev–Trinajstić information content (AvgIpc) is 2.53. The fourth-order valence-electron chi connectivity index (χ4n) is 2.29. The highest BCUT2D eigenvalue weighted by Gasteiger charge is 2.48. The van der Waals surface area contributed by atoms with Gasteiger partial charge in [-0.15, -0.1) is 0 Å². The highest BCUT2D eigenvalue weighted by atomic mass is 19.4. The van der Waals surface area contributed by atoms with E-state index in [2.05, 4.69) is 0 Å². The summed E-state index contributed by atoms with van der Waals surface area (Å²) in [6, 6.07) is 13.0. The van der Waals surface area contributed by atoms with Crippen LogP contribution in [-0.4, -0.2) is 30.3 Å². The molecule has 0 amide bonds. The van der Waals surface area contributed by atoms with Gasteiger partial charge in [0.05, 0.1) is 0 Å². The zero-order valence-electron chi connectivity index (χ0n) is 12.5. The maximum Gasteiger partial charge on any atom is 0.457 e. The van der Waals surface area contributed by atoms with E-state index in [4.69, 9.17) is 4.74 Å². The van der Waals surface area contributed by atoms with Crippen LogP contribution in [0.1, 0.15) is 17.2 Å². The molecule has 0 aliphatic heterocycles. The molecule has 0 heterocycles. The first kappa shape index (κ1) is 17.0. The number of hydrogen-bond donors (Lipinski definition) is 0. The van der Waals surface area contributed by atoms with E-state index in [1.54, 1.807) is 36.4 Å². The number of hydroxylamine groups is 1. The third kappa shape index (κ3) is 4.10. The molecule has 0 unspecified atom stereocenters. The normalized spacial score (nSPS) is 14.3. The summed E-state index contributed by atoms with van der Waals surface area (Å²) in [6.45, 7) is -0.215. The average molecular weight is 323 g/mol. The molecule has 0 saturated carbocycles. The number of alkyl halides is 3. The Hall–Kier alpha value is -2.34. The van der Waals surface area contributed by atoms with Gasteiger partial charge in [-0.3, -0.25) is 0 Å². The Labute approximate surface area is 132 Å². The van der Waals surface area contributed by atoms with Crippen LogP contribution in [0.25, 0.3) is 0 Å². The number of benzene rings is 2. The van der Waals surface area contributed by atoms with Gasteiger partial charge in [0.1, 0.15) is 6.61 Å². The Morgan fingerprint density at radius 1 is 1.04 bits per heavy atom. The van der Waals surface area contributed by atoms with Crippen molar-refractivity contribution >= 4 is 5.71 Å². The van der Waals surface area contributed by atoms with Crippen molar-refractivity contribution in [3.8, 4) is 0 Å². The van der Waals surface area contributed by atoms with Crippen molar-refractivity contribution in [3.05, 3.63) is 77.0 Å². The van der Waals surface area contributed by atoms with Crippen LogP contribution in [-0.2, 0) is 4.74 Å². The lowest BCUT2D eigenvalue weighted by atomic mass is 10.1. The predicted molar refractivity (Wildman–Crippen MR) is 81.3 cm³/mol. The van der Waals surface area contributed by atoms with Gasteiger partial charge in [0.25, 0.3) is 6.04 Å². The van der Waals surface area contributed by atoms with E-state index in [1.807, 2.05) is 0 Å². The highest BCUT2D eigenvalue weighted by molar-refractivity contribution is 5.98. The molecule has 0 fully saturated rings. The van der Waals surface area contributed by atoms with Gasteiger partial charge in [0, 0.05) is 18.2 Å². The third-order valence-corrected chi connectivity index (χ3v) is 3.31. The van der Waals surface area contributed by atoms with E-state index >= 15 is 0 Å². The van der Waals surface area contributed by atoms with Crippen molar-refractivity contribution in [1.82, 2.24) is 0 Å². The second kappa shape index (κ2) is 7.28. The number of hydrogen-bond acceptors (Lipinski definition) is 2. The molecule has 2 rings (SSSR count). The second-order valence-electron chi connectivity index (χ2n) is 4.93. The monoisotopic (exact) mass is 323 g/mol. The summed E-state index contributed by atoms with van der Waals surface area (Å²) in [4.78, 5) is 0. The van der Waals surface area contributed by atoms with E-state index in [1.165, 1.54) is 31.4 Å².